The molecular weight excluding hydrogens is 222 g/mol. The predicted octanol–water partition coefficient (Wildman–Crippen LogP) is 1.15. The van der Waals surface area contributed by atoms with Crippen LogP contribution in [0.4, 0.5) is 0 Å². The van der Waals surface area contributed by atoms with E-state index in [1.54, 1.807) is 6.92 Å². The molecule has 0 radical (unpaired) electrons. The number of aliphatic carboxylic acids is 1. The van der Waals surface area contributed by atoms with Crippen molar-refractivity contribution in [2.75, 3.05) is 26.8 Å². The quantitative estimate of drug-likeness (QED) is 0.649. The summed E-state index contributed by atoms with van der Waals surface area (Å²) < 4.78 is 4.86. The molecule has 0 aliphatic carbocycles. The molecular formula is C12H21NO4. The van der Waals surface area contributed by atoms with Crippen molar-refractivity contribution in [3.05, 3.63) is 12.2 Å². The summed E-state index contributed by atoms with van der Waals surface area (Å²) in [5.74, 6) is -1.44. The zero-order chi connectivity index (χ0) is 13.4. The smallest absolute Gasteiger partial charge is 0.323 e. The second-order valence-electron chi connectivity index (χ2n) is 4.21. The van der Waals surface area contributed by atoms with Crippen LogP contribution < -0.4 is 0 Å². The second kappa shape index (κ2) is 7.84. The Labute approximate surface area is 102 Å². The Balaban J connectivity index is 4.49. The lowest BCUT2D eigenvalue weighted by molar-refractivity contribution is -0.146. The second-order valence-corrected chi connectivity index (χ2v) is 4.21. The standard InChI is InChI=1S/C12H21NO4/c1-9(2)7-10(3)12(16)13(5-6-17-4)8-11(14)15/h10H,1,5-8H2,2-4H3,(H,14,15). The lowest BCUT2D eigenvalue weighted by Crippen LogP contribution is -2.40. The molecule has 1 unspecified atom stereocenters. The van der Waals surface area contributed by atoms with Crippen LogP contribution in [-0.4, -0.2) is 48.7 Å². The lowest BCUT2D eigenvalue weighted by Gasteiger charge is -2.24. The number of hydrogen-bond acceptors (Lipinski definition) is 3. The maximum atomic E-state index is 12.0. The number of carboxylic acids is 1. The first kappa shape index (κ1) is 15.6. The first-order valence-electron chi connectivity index (χ1n) is 5.52. The summed E-state index contributed by atoms with van der Waals surface area (Å²) in [7, 11) is 1.51. The Morgan fingerprint density at radius 1 is 1.47 bits per heavy atom. The number of rotatable bonds is 8. The van der Waals surface area contributed by atoms with E-state index in [-0.39, 0.29) is 18.4 Å². The molecule has 0 bridgehead atoms. The lowest BCUT2D eigenvalue weighted by atomic mass is 10.0. The predicted molar refractivity (Wildman–Crippen MR) is 64.7 cm³/mol. The minimum atomic E-state index is -1.02. The van der Waals surface area contributed by atoms with Crippen LogP contribution >= 0.6 is 0 Å². The van der Waals surface area contributed by atoms with Gasteiger partial charge in [0.2, 0.25) is 5.91 Å². The van der Waals surface area contributed by atoms with Crippen LogP contribution in [0.1, 0.15) is 20.3 Å². The molecule has 17 heavy (non-hydrogen) atoms. The van der Waals surface area contributed by atoms with Gasteiger partial charge in [0.05, 0.1) is 6.61 Å². The molecule has 0 aromatic rings. The maximum absolute atomic E-state index is 12.0. The molecule has 0 saturated carbocycles. The Hall–Kier alpha value is -1.36. The van der Waals surface area contributed by atoms with E-state index >= 15 is 0 Å². The van der Waals surface area contributed by atoms with Crippen molar-refractivity contribution in [1.29, 1.82) is 0 Å². The fourth-order valence-corrected chi connectivity index (χ4v) is 1.55. The van der Waals surface area contributed by atoms with Crippen molar-refractivity contribution >= 4 is 11.9 Å². The van der Waals surface area contributed by atoms with E-state index in [4.69, 9.17) is 9.84 Å². The largest absolute Gasteiger partial charge is 0.480 e. The number of methoxy groups -OCH3 is 1. The highest BCUT2D eigenvalue weighted by atomic mass is 16.5. The number of carbonyl (C=O) groups is 2. The number of amides is 1. The molecule has 0 spiro atoms. The van der Waals surface area contributed by atoms with Crippen LogP contribution in [0.15, 0.2) is 12.2 Å². The van der Waals surface area contributed by atoms with Crippen molar-refractivity contribution in [1.82, 2.24) is 4.90 Å². The molecule has 0 aliphatic heterocycles. The highest BCUT2D eigenvalue weighted by Gasteiger charge is 2.22. The zero-order valence-electron chi connectivity index (χ0n) is 10.7. The summed E-state index contributed by atoms with van der Waals surface area (Å²) >= 11 is 0. The molecule has 0 aromatic heterocycles. The summed E-state index contributed by atoms with van der Waals surface area (Å²) in [5, 5.41) is 8.74. The first-order valence-corrected chi connectivity index (χ1v) is 5.52. The van der Waals surface area contributed by atoms with E-state index in [1.165, 1.54) is 12.0 Å². The normalized spacial score (nSPS) is 11.9. The van der Waals surface area contributed by atoms with Crippen LogP contribution in [0.3, 0.4) is 0 Å². The van der Waals surface area contributed by atoms with Gasteiger partial charge in [-0.15, -0.1) is 6.58 Å². The van der Waals surface area contributed by atoms with Crippen LogP contribution in [0, 0.1) is 5.92 Å². The molecule has 5 heteroatoms. The minimum Gasteiger partial charge on any atom is -0.480 e. The van der Waals surface area contributed by atoms with E-state index < -0.39 is 5.97 Å². The SMILES string of the molecule is C=C(C)CC(C)C(=O)N(CCOC)CC(=O)O. The van der Waals surface area contributed by atoms with Gasteiger partial charge in [0.15, 0.2) is 0 Å². The third-order valence-corrected chi connectivity index (χ3v) is 2.28. The van der Waals surface area contributed by atoms with E-state index in [2.05, 4.69) is 6.58 Å². The maximum Gasteiger partial charge on any atom is 0.323 e. The average Bonchev–Trinajstić information content (AvgIpc) is 2.21. The summed E-state index contributed by atoms with van der Waals surface area (Å²) in [6, 6.07) is 0. The van der Waals surface area contributed by atoms with E-state index in [1.807, 2.05) is 6.92 Å². The number of ether oxygens (including phenoxy) is 1. The monoisotopic (exact) mass is 243 g/mol. The minimum absolute atomic E-state index is 0.174. The summed E-state index contributed by atoms with van der Waals surface area (Å²) in [6.07, 6.45) is 0.571. The molecule has 5 nitrogen and oxygen atoms in total. The zero-order valence-corrected chi connectivity index (χ0v) is 10.7. The van der Waals surface area contributed by atoms with E-state index in [0.717, 1.165) is 5.57 Å². The first-order chi connectivity index (χ1) is 7.88. The van der Waals surface area contributed by atoms with Gasteiger partial charge in [-0.2, -0.15) is 0 Å². The highest BCUT2D eigenvalue weighted by molar-refractivity contribution is 5.83. The number of nitrogens with zero attached hydrogens (tertiary/aromatic N) is 1. The van der Waals surface area contributed by atoms with Crippen molar-refractivity contribution in [2.24, 2.45) is 5.92 Å². The third-order valence-electron chi connectivity index (χ3n) is 2.28. The van der Waals surface area contributed by atoms with E-state index in [0.29, 0.717) is 19.6 Å². The molecule has 0 rings (SSSR count). The Kier molecular flexibility index (Phi) is 7.21. The summed E-state index contributed by atoms with van der Waals surface area (Å²) in [4.78, 5) is 24.0. The molecule has 98 valence electrons. The van der Waals surface area contributed by atoms with Crippen molar-refractivity contribution in [3.8, 4) is 0 Å². The summed E-state index contributed by atoms with van der Waals surface area (Å²) in [6.45, 7) is 7.71. The van der Waals surface area contributed by atoms with Gasteiger partial charge >= 0.3 is 5.97 Å². The Morgan fingerprint density at radius 2 is 2.06 bits per heavy atom. The van der Waals surface area contributed by atoms with Crippen molar-refractivity contribution in [3.63, 3.8) is 0 Å². The average molecular weight is 243 g/mol. The summed E-state index contributed by atoms with van der Waals surface area (Å²) in [5.41, 5.74) is 0.910. The van der Waals surface area contributed by atoms with Gasteiger partial charge in [-0.05, 0) is 13.3 Å². The molecule has 1 N–H and O–H groups in total. The fourth-order valence-electron chi connectivity index (χ4n) is 1.55. The van der Waals surface area contributed by atoms with Gasteiger partial charge in [0, 0.05) is 19.6 Å². The molecule has 1 atom stereocenters. The van der Waals surface area contributed by atoms with Gasteiger partial charge in [0.25, 0.3) is 0 Å². The van der Waals surface area contributed by atoms with Gasteiger partial charge < -0.3 is 14.7 Å². The highest BCUT2D eigenvalue weighted by Crippen LogP contribution is 2.12. The number of carboxylic acid groups (broad SMARTS) is 1. The van der Waals surface area contributed by atoms with Gasteiger partial charge in [-0.1, -0.05) is 12.5 Å². The molecule has 0 fully saturated rings. The topological polar surface area (TPSA) is 66.8 Å². The fraction of sp³-hybridized carbons (Fsp3) is 0.667. The van der Waals surface area contributed by atoms with Crippen LogP contribution in [0.5, 0.6) is 0 Å². The molecule has 0 aromatic carbocycles. The third kappa shape index (κ3) is 6.73. The molecule has 0 heterocycles. The van der Waals surface area contributed by atoms with E-state index in [9.17, 15) is 9.59 Å². The molecule has 1 amide bonds. The van der Waals surface area contributed by atoms with Crippen molar-refractivity contribution < 1.29 is 19.4 Å². The number of hydrogen-bond donors (Lipinski definition) is 1. The van der Waals surface area contributed by atoms with Crippen LogP contribution in [0.25, 0.3) is 0 Å². The van der Waals surface area contributed by atoms with Gasteiger partial charge in [-0.25, -0.2) is 0 Å². The van der Waals surface area contributed by atoms with Crippen molar-refractivity contribution in [2.45, 2.75) is 20.3 Å². The number of allylic oxidation sites excluding steroid dienone is 1. The van der Waals surface area contributed by atoms with Crippen LogP contribution in [-0.2, 0) is 14.3 Å². The Bertz CT molecular complexity index is 288. The Morgan fingerprint density at radius 3 is 2.47 bits per heavy atom. The molecule has 0 saturated heterocycles. The van der Waals surface area contributed by atoms with Crippen LogP contribution in [0.2, 0.25) is 0 Å². The van der Waals surface area contributed by atoms with Gasteiger partial charge in [0.1, 0.15) is 6.54 Å². The molecule has 0 aliphatic rings. The van der Waals surface area contributed by atoms with Gasteiger partial charge in [-0.3, -0.25) is 9.59 Å². The number of carbonyl (C=O) groups excluding carboxylic acids is 1.